The molecule has 0 amide bonds. The summed E-state index contributed by atoms with van der Waals surface area (Å²) < 4.78 is 10.4. The van der Waals surface area contributed by atoms with Gasteiger partial charge in [0.2, 0.25) is 0 Å². The fourth-order valence-electron chi connectivity index (χ4n) is 4.25. The quantitative estimate of drug-likeness (QED) is 0.157. The number of hydrogen-bond acceptors (Lipinski definition) is 7. The predicted molar refractivity (Wildman–Crippen MR) is 144 cm³/mol. The molecule has 0 saturated heterocycles. The first-order valence-corrected chi connectivity index (χ1v) is 14.1. The minimum absolute atomic E-state index is 0.202. The first-order chi connectivity index (χ1) is 17.3. The van der Waals surface area contributed by atoms with Crippen molar-refractivity contribution in [2.75, 3.05) is 12.9 Å². The summed E-state index contributed by atoms with van der Waals surface area (Å²) in [5, 5.41) is 21.4. The SMILES string of the molecule is CCCC[C@@H](C)C[C@H](O)/C=C/[C@@H]1C(SCCCCCC(=O)OC)=C(OC(=O)c2ccccc2)C[C@H]1O. The molecule has 6 nitrogen and oxygen atoms in total. The molecule has 1 aromatic carbocycles. The second-order valence-corrected chi connectivity index (χ2v) is 10.6. The van der Waals surface area contributed by atoms with Crippen molar-refractivity contribution in [3.8, 4) is 0 Å². The third kappa shape index (κ3) is 10.5. The van der Waals surface area contributed by atoms with Gasteiger partial charge in [0.15, 0.2) is 0 Å². The van der Waals surface area contributed by atoms with Gasteiger partial charge in [-0.2, -0.15) is 0 Å². The van der Waals surface area contributed by atoms with E-state index in [0.29, 0.717) is 30.1 Å². The maximum Gasteiger partial charge on any atom is 0.343 e. The van der Waals surface area contributed by atoms with E-state index >= 15 is 0 Å². The van der Waals surface area contributed by atoms with Gasteiger partial charge in [0.05, 0.1) is 24.9 Å². The van der Waals surface area contributed by atoms with Crippen LogP contribution in [-0.2, 0) is 14.3 Å². The van der Waals surface area contributed by atoms with Crippen LogP contribution in [0.2, 0.25) is 0 Å². The number of rotatable bonds is 16. The molecule has 2 rings (SSSR count). The van der Waals surface area contributed by atoms with Gasteiger partial charge in [0.1, 0.15) is 5.76 Å². The smallest absolute Gasteiger partial charge is 0.343 e. The number of ether oxygens (including phenoxy) is 2. The molecule has 7 heteroatoms. The molecule has 0 radical (unpaired) electrons. The maximum absolute atomic E-state index is 12.7. The molecular formula is C29H42O6S. The van der Waals surface area contributed by atoms with Gasteiger partial charge in [-0.05, 0) is 43.1 Å². The molecule has 1 aromatic rings. The van der Waals surface area contributed by atoms with Gasteiger partial charge < -0.3 is 19.7 Å². The molecule has 0 saturated carbocycles. The van der Waals surface area contributed by atoms with E-state index in [0.717, 1.165) is 49.2 Å². The number of benzene rings is 1. The second kappa shape index (κ2) is 16.6. The summed E-state index contributed by atoms with van der Waals surface area (Å²) in [5.41, 5.74) is 0.460. The van der Waals surface area contributed by atoms with Gasteiger partial charge >= 0.3 is 11.9 Å². The average molecular weight is 519 g/mol. The molecule has 0 spiro atoms. The Bertz CT molecular complexity index is 866. The van der Waals surface area contributed by atoms with E-state index in [1.54, 1.807) is 42.1 Å². The van der Waals surface area contributed by atoms with Crippen LogP contribution in [0.1, 0.15) is 82.0 Å². The Labute approximate surface area is 220 Å². The average Bonchev–Trinajstić information content (AvgIpc) is 3.17. The number of thioether (sulfide) groups is 1. The highest BCUT2D eigenvalue weighted by molar-refractivity contribution is 8.03. The minimum Gasteiger partial charge on any atom is -0.469 e. The molecular weight excluding hydrogens is 476 g/mol. The third-order valence-corrected chi connectivity index (χ3v) is 7.66. The van der Waals surface area contributed by atoms with E-state index in [2.05, 4.69) is 18.6 Å². The first-order valence-electron chi connectivity index (χ1n) is 13.1. The van der Waals surface area contributed by atoms with Crippen LogP contribution < -0.4 is 0 Å². The number of hydrogen-bond donors (Lipinski definition) is 2. The van der Waals surface area contributed by atoms with Crippen molar-refractivity contribution in [3.05, 3.63) is 58.7 Å². The van der Waals surface area contributed by atoms with Gasteiger partial charge in [-0.15, -0.1) is 11.8 Å². The molecule has 0 bridgehead atoms. The largest absolute Gasteiger partial charge is 0.469 e. The molecule has 0 unspecified atom stereocenters. The van der Waals surface area contributed by atoms with Crippen LogP contribution in [0.4, 0.5) is 0 Å². The van der Waals surface area contributed by atoms with E-state index in [1.165, 1.54) is 7.11 Å². The highest BCUT2D eigenvalue weighted by atomic mass is 32.2. The van der Waals surface area contributed by atoms with Crippen molar-refractivity contribution >= 4 is 23.7 Å². The standard InChI is InChI=1S/C29H42O6S/c1-4-5-12-21(2)19-23(30)16-17-24-25(31)20-26(35-29(33)22-13-8-6-9-14-22)28(24)36-18-11-7-10-15-27(32)34-3/h6,8-9,13-14,16-17,21,23-25,30-31H,4-5,7,10-12,15,18-20H2,1-3H3/b17-16+/t21-,23-,24+,25-/m1/s1. The molecule has 0 aliphatic heterocycles. The Balaban J connectivity index is 2.06. The first kappa shape index (κ1) is 30.1. The summed E-state index contributed by atoms with van der Waals surface area (Å²) >= 11 is 1.58. The summed E-state index contributed by atoms with van der Waals surface area (Å²) in [6.45, 7) is 4.32. The Morgan fingerprint density at radius 1 is 1.17 bits per heavy atom. The second-order valence-electron chi connectivity index (χ2n) is 9.51. The Morgan fingerprint density at radius 3 is 2.61 bits per heavy atom. The van der Waals surface area contributed by atoms with Crippen LogP contribution in [0.25, 0.3) is 0 Å². The number of carbonyl (C=O) groups is 2. The molecule has 2 N–H and O–H groups in total. The Morgan fingerprint density at radius 2 is 1.92 bits per heavy atom. The molecule has 1 aliphatic rings. The van der Waals surface area contributed by atoms with Crippen LogP contribution in [0, 0.1) is 11.8 Å². The molecule has 0 aromatic heterocycles. The van der Waals surface area contributed by atoms with Crippen molar-refractivity contribution in [1.29, 1.82) is 0 Å². The lowest BCUT2D eigenvalue weighted by atomic mass is 9.96. The van der Waals surface area contributed by atoms with Crippen LogP contribution >= 0.6 is 11.8 Å². The van der Waals surface area contributed by atoms with Crippen molar-refractivity contribution < 1.29 is 29.3 Å². The summed E-state index contributed by atoms with van der Waals surface area (Å²) in [7, 11) is 1.39. The van der Waals surface area contributed by atoms with Gasteiger partial charge in [-0.3, -0.25) is 4.79 Å². The normalized spacial score (nSPS) is 19.5. The minimum atomic E-state index is -0.716. The number of carbonyl (C=O) groups excluding carboxylic acids is 2. The third-order valence-electron chi connectivity index (χ3n) is 6.36. The fourth-order valence-corrected chi connectivity index (χ4v) is 5.53. The van der Waals surface area contributed by atoms with Crippen LogP contribution in [0.3, 0.4) is 0 Å². The zero-order chi connectivity index (χ0) is 26.3. The number of aliphatic hydroxyl groups is 2. The van der Waals surface area contributed by atoms with Gasteiger partial charge in [0.25, 0.3) is 0 Å². The fraction of sp³-hybridized carbons (Fsp3) is 0.586. The molecule has 4 atom stereocenters. The van der Waals surface area contributed by atoms with E-state index < -0.39 is 18.2 Å². The molecule has 1 aliphatic carbocycles. The topological polar surface area (TPSA) is 93.1 Å². The number of methoxy groups -OCH3 is 1. The van der Waals surface area contributed by atoms with Gasteiger partial charge in [-0.25, -0.2) is 4.79 Å². The Kier molecular flexibility index (Phi) is 13.9. The highest BCUT2D eigenvalue weighted by Gasteiger charge is 2.35. The monoisotopic (exact) mass is 518 g/mol. The Hall–Kier alpha value is -2.09. The predicted octanol–water partition coefficient (Wildman–Crippen LogP) is 6.04. The summed E-state index contributed by atoms with van der Waals surface area (Å²) in [5.74, 6) is 0.724. The number of unbranched alkanes of at least 4 members (excludes halogenated alkanes) is 3. The molecule has 36 heavy (non-hydrogen) atoms. The van der Waals surface area contributed by atoms with E-state index in [-0.39, 0.29) is 18.3 Å². The van der Waals surface area contributed by atoms with Crippen molar-refractivity contribution in [2.24, 2.45) is 11.8 Å². The maximum atomic E-state index is 12.7. The summed E-state index contributed by atoms with van der Waals surface area (Å²) in [6.07, 6.45) is 9.59. The van der Waals surface area contributed by atoms with Crippen molar-refractivity contribution in [2.45, 2.75) is 83.8 Å². The molecule has 200 valence electrons. The lowest BCUT2D eigenvalue weighted by Gasteiger charge is -2.17. The lowest BCUT2D eigenvalue weighted by Crippen LogP contribution is -2.15. The lowest BCUT2D eigenvalue weighted by molar-refractivity contribution is -0.140. The van der Waals surface area contributed by atoms with Crippen LogP contribution in [0.5, 0.6) is 0 Å². The van der Waals surface area contributed by atoms with E-state index in [1.807, 2.05) is 12.1 Å². The molecule has 0 fully saturated rings. The summed E-state index contributed by atoms with van der Waals surface area (Å²) in [4.78, 5) is 24.8. The van der Waals surface area contributed by atoms with Gasteiger partial charge in [0, 0.05) is 23.7 Å². The van der Waals surface area contributed by atoms with Gasteiger partial charge in [-0.1, -0.05) is 69.9 Å². The van der Waals surface area contributed by atoms with Crippen molar-refractivity contribution in [1.82, 2.24) is 0 Å². The zero-order valence-corrected chi connectivity index (χ0v) is 22.7. The highest BCUT2D eigenvalue weighted by Crippen LogP contribution is 2.42. The summed E-state index contributed by atoms with van der Waals surface area (Å²) in [6, 6.07) is 8.82. The molecule has 0 heterocycles. The van der Waals surface area contributed by atoms with E-state index in [9.17, 15) is 19.8 Å². The number of aliphatic hydroxyl groups excluding tert-OH is 2. The zero-order valence-electron chi connectivity index (χ0n) is 21.9. The van der Waals surface area contributed by atoms with E-state index in [4.69, 9.17) is 4.74 Å². The van der Waals surface area contributed by atoms with Crippen LogP contribution in [-0.4, -0.2) is 47.2 Å². The number of esters is 2. The van der Waals surface area contributed by atoms with Crippen LogP contribution in [0.15, 0.2) is 53.1 Å². The van der Waals surface area contributed by atoms with Crippen molar-refractivity contribution in [3.63, 3.8) is 0 Å².